The van der Waals surface area contributed by atoms with Crippen molar-refractivity contribution in [3.8, 4) is 27.9 Å². The summed E-state index contributed by atoms with van der Waals surface area (Å²) in [5.74, 6) is 0. The summed E-state index contributed by atoms with van der Waals surface area (Å²) in [5, 5.41) is 2.49. The van der Waals surface area contributed by atoms with E-state index in [1.807, 2.05) is 0 Å². The first kappa shape index (κ1) is 27.9. The SMILES string of the molecule is CN(c1ccc(CN=CN=CN)cc1)c1ccc(-c2cc(-c3ccccc3)c3c(c2)c2ccccc2n3-c2ccccc2)cc1. The predicted octanol–water partition coefficient (Wildman–Crippen LogP) is 9.40. The van der Waals surface area contributed by atoms with Gasteiger partial charge in [0.2, 0.25) is 0 Å². The van der Waals surface area contributed by atoms with Crippen molar-refractivity contribution in [1.82, 2.24) is 4.57 Å². The molecule has 7 rings (SSSR count). The van der Waals surface area contributed by atoms with E-state index in [1.165, 1.54) is 56.7 Å². The van der Waals surface area contributed by atoms with Crippen LogP contribution in [0.15, 0.2) is 156 Å². The Balaban J connectivity index is 1.29. The molecule has 5 nitrogen and oxygen atoms in total. The Hall–Kier alpha value is -5.94. The van der Waals surface area contributed by atoms with Crippen LogP contribution in [-0.2, 0) is 6.54 Å². The van der Waals surface area contributed by atoms with Crippen molar-refractivity contribution in [2.75, 3.05) is 11.9 Å². The molecule has 0 aliphatic rings. The number of anilines is 2. The Morgan fingerprint density at radius 1 is 0.644 bits per heavy atom. The molecular weight excluding hydrogens is 550 g/mol. The Kier molecular flexibility index (Phi) is 7.65. The number of rotatable bonds is 8. The van der Waals surface area contributed by atoms with Crippen molar-refractivity contribution in [2.24, 2.45) is 15.7 Å². The molecular formula is C40H33N5. The maximum atomic E-state index is 5.26. The quantitative estimate of drug-likeness (QED) is 0.143. The van der Waals surface area contributed by atoms with Crippen LogP contribution in [-0.4, -0.2) is 24.3 Å². The minimum absolute atomic E-state index is 0.565. The van der Waals surface area contributed by atoms with Crippen LogP contribution in [0.2, 0.25) is 0 Å². The van der Waals surface area contributed by atoms with Crippen LogP contribution in [0.3, 0.4) is 0 Å². The van der Waals surface area contributed by atoms with E-state index in [1.54, 1.807) is 0 Å². The largest absolute Gasteiger partial charge is 0.390 e. The van der Waals surface area contributed by atoms with Gasteiger partial charge in [-0.15, -0.1) is 0 Å². The van der Waals surface area contributed by atoms with Crippen LogP contribution in [0.25, 0.3) is 49.7 Å². The van der Waals surface area contributed by atoms with Crippen molar-refractivity contribution in [1.29, 1.82) is 0 Å². The van der Waals surface area contributed by atoms with Crippen LogP contribution in [0.4, 0.5) is 11.4 Å². The standard InChI is InChI=1S/C40H33N5/c1-44(33-20-16-29(17-21-33)26-42-28-43-27-41)34-22-18-30(19-23-34)32-24-37(31-10-4-2-5-11-31)40-38(25-32)36-14-8-9-15-39(36)45(40)35-12-6-3-7-13-35/h2-25,27-28H,26H2,1H3,(H2,41,42,43). The molecule has 0 unspecified atom stereocenters. The van der Waals surface area contributed by atoms with Crippen molar-refractivity contribution in [3.63, 3.8) is 0 Å². The molecule has 0 saturated carbocycles. The zero-order chi connectivity index (χ0) is 30.6. The third-order valence-corrected chi connectivity index (χ3v) is 8.29. The van der Waals surface area contributed by atoms with E-state index in [9.17, 15) is 0 Å². The molecule has 0 aliphatic heterocycles. The summed E-state index contributed by atoms with van der Waals surface area (Å²) in [6, 6.07) is 52.0. The Bertz CT molecular complexity index is 2130. The van der Waals surface area contributed by atoms with Crippen LogP contribution >= 0.6 is 0 Å². The number of aliphatic imine (C=N–C) groups is 2. The highest BCUT2D eigenvalue weighted by atomic mass is 15.1. The van der Waals surface area contributed by atoms with Crippen LogP contribution in [0.5, 0.6) is 0 Å². The lowest BCUT2D eigenvalue weighted by Crippen LogP contribution is -2.09. The number of hydrogen-bond acceptors (Lipinski definition) is 2. The molecule has 1 heterocycles. The monoisotopic (exact) mass is 583 g/mol. The second-order valence-electron chi connectivity index (χ2n) is 11.0. The number of aromatic nitrogens is 1. The fraction of sp³-hybridized carbons (Fsp3) is 0.0500. The summed E-state index contributed by atoms with van der Waals surface area (Å²) in [5.41, 5.74) is 17.0. The van der Waals surface area contributed by atoms with Crippen molar-refractivity contribution in [3.05, 3.63) is 151 Å². The zero-order valence-corrected chi connectivity index (χ0v) is 25.1. The summed E-state index contributed by atoms with van der Waals surface area (Å²) in [6.45, 7) is 0.565. The van der Waals surface area contributed by atoms with E-state index >= 15 is 0 Å². The van der Waals surface area contributed by atoms with Gasteiger partial charge in [0.1, 0.15) is 6.34 Å². The molecule has 218 valence electrons. The van der Waals surface area contributed by atoms with Crippen LogP contribution < -0.4 is 10.6 Å². The highest BCUT2D eigenvalue weighted by Crippen LogP contribution is 2.41. The second kappa shape index (κ2) is 12.3. The van der Waals surface area contributed by atoms with Gasteiger partial charge < -0.3 is 15.2 Å². The second-order valence-corrected chi connectivity index (χ2v) is 11.0. The fourth-order valence-corrected chi connectivity index (χ4v) is 6.03. The van der Waals surface area contributed by atoms with E-state index in [0.29, 0.717) is 6.54 Å². The van der Waals surface area contributed by atoms with Crippen LogP contribution in [0, 0.1) is 0 Å². The van der Waals surface area contributed by atoms with Gasteiger partial charge in [-0.25, -0.2) is 4.99 Å². The Labute approximate surface area is 263 Å². The van der Waals surface area contributed by atoms with Crippen molar-refractivity contribution >= 4 is 45.9 Å². The molecule has 2 N–H and O–H groups in total. The summed E-state index contributed by atoms with van der Waals surface area (Å²) < 4.78 is 2.40. The van der Waals surface area contributed by atoms with Gasteiger partial charge >= 0.3 is 0 Å². The molecule has 0 saturated heterocycles. The molecule has 45 heavy (non-hydrogen) atoms. The van der Waals surface area contributed by atoms with Gasteiger partial charge in [-0.05, 0) is 76.9 Å². The summed E-state index contributed by atoms with van der Waals surface area (Å²) in [6.07, 6.45) is 2.71. The maximum Gasteiger partial charge on any atom is 0.112 e. The molecule has 0 bridgehead atoms. The van der Waals surface area contributed by atoms with Gasteiger partial charge in [0.05, 0.1) is 23.9 Å². The average Bonchev–Trinajstić information content (AvgIpc) is 3.45. The summed E-state index contributed by atoms with van der Waals surface area (Å²) in [4.78, 5) is 10.3. The topological polar surface area (TPSA) is 58.9 Å². The van der Waals surface area contributed by atoms with Gasteiger partial charge in [0, 0.05) is 40.4 Å². The smallest absolute Gasteiger partial charge is 0.112 e. The number of benzene rings is 6. The molecule has 6 aromatic carbocycles. The molecule has 0 spiro atoms. The van der Waals surface area contributed by atoms with E-state index in [2.05, 4.69) is 172 Å². The normalized spacial score (nSPS) is 11.7. The molecule has 0 fully saturated rings. The van der Waals surface area contributed by atoms with E-state index in [0.717, 1.165) is 22.6 Å². The number of hydrogen-bond donors (Lipinski definition) is 1. The zero-order valence-electron chi connectivity index (χ0n) is 25.1. The molecule has 0 amide bonds. The van der Waals surface area contributed by atoms with Gasteiger partial charge in [0.25, 0.3) is 0 Å². The third kappa shape index (κ3) is 5.48. The van der Waals surface area contributed by atoms with Crippen molar-refractivity contribution in [2.45, 2.75) is 6.54 Å². The molecule has 1 aromatic heterocycles. The molecule has 0 radical (unpaired) electrons. The lowest BCUT2D eigenvalue weighted by atomic mass is 9.95. The fourth-order valence-electron chi connectivity index (χ4n) is 6.03. The third-order valence-electron chi connectivity index (χ3n) is 8.29. The summed E-state index contributed by atoms with van der Waals surface area (Å²) in [7, 11) is 2.09. The van der Waals surface area contributed by atoms with E-state index in [4.69, 9.17) is 5.73 Å². The summed E-state index contributed by atoms with van der Waals surface area (Å²) >= 11 is 0. The number of fused-ring (bicyclic) bond motifs is 3. The number of nitrogens with zero attached hydrogens (tertiary/aromatic N) is 4. The van der Waals surface area contributed by atoms with Crippen molar-refractivity contribution < 1.29 is 0 Å². The van der Waals surface area contributed by atoms with E-state index in [-0.39, 0.29) is 0 Å². The minimum atomic E-state index is 0.565. The highest BCUT2D eigenvalue weighted by molar-refractivity contribution is 6.15. The maximum absolute atomic E-state index is 5.26. The Morgan fingerprint density at radius 3 is 2.00 bits per heavy atom. The first-order chi connectivity index (χ1) is 22.2. The van der Waals surface area contributed by atoms with Gasteiger partial charge in [-0.2, -0.15) is 0 Å². The molecule has 0 aliphatic carbocycles. The lowest BCUT2D eigenvalue weighted by molar-refractivity contribution is 1.07. The molecule has 5 heteroatoms. The lowest BCUT2D eigenvalue weighted by Gasteiger charge is -2.20. The molecule has 0 atom stereocenters. The minimum Gasteiger partial charge on any atom is -0.390 e. The van der Waals surface area contributed by atoms with Gasteiger partial charge in [-0.1, -0.05) is 91.0 Å². The number of nitrogens with two attached hydrogens (primary N) is 1. The first-order valence-electron chi connectivity index (χ1n) is 15.0. The average molecular weight is 584 g/mol. The molecule has 7 aromatic rings. The van der Waals surface area contributed by atoms with Gasteiger partial charge in [-0.3, -0.25) is 4.99 Å². The highest BCUT2D eigenvalue weighted by Gasteiger charge is 2.18. The Morgan fingerprint density at radius 2 is 1.29 bits per heavy atom. The van der Waals surface area contributed by atoms with Crippen LogP contribution in [0.1, 0.15) is 5.56 Å². The number of para-hydroxylation sites is 2. The predicted molar refractivity (Wildman–Crippen MR) is 191 cm³/mol. The van der Waals surface area contributed by atoms with E-state index < -0.39 is 0 Å². The van der Waals surface area contributed by atoms with Gasteiger partial charge in [0.15, 0.2) is 0 Å². The first-order valence-corrected chi connectivity index (χ1v) is 15.0.